The molecule has 0 fully saturated rings. The zero-order valence-electron chi connectivity index (χ0n) is 10.9. The van der Waals surface area contributed by atoms with Crippen LogP contribution in [0.1, 0.15) is 18.4 Å². The molecule has 0 amide bonds. The molecule has 1 heterocycles. The van der Waals surface area contributed by atoms with Crippen molar-refractivity contribution in [3.63, 3.8) is 0 Å². The zero-order valence-corrected chi connectivity index (χ0v) is 11.7. The molecule has 0 bridgehead atoms. The van der Waals surface area contributed by atoms with Crippen molar-refractivity contribution in [3.8, 4) is 0 Å². The van der Waals surface area contributed by atoms with Gasteiger partial charge in [-0.2, -0.15) is 0 Å². The predicted molar refractivity (Wildman–Crippen MR) is 75.6 cm³/mol. The first-order chi connectivity index (χ1) is 8.47. The molecule has 18 heavy (non-hydrogen) atoms. The molecule has 0 aliphatic rings. The van der Waals surface area contributed by atoms with Gasteiger partial charge in [0, 0.05) is 35.7 Å². The van der Waals surface area contributed by atoms with E-state index in [0.29, 0.717) is 0 Å². The average molecular weight is 265 g/mol. The lowest BCUT2D eigenvalue weighted by Gasteiger charge is -2.04. The van der Waals surface area contributed by atoms with Gasteiger partial charge in [0.25, 0.3) is 0 Å². The molecule has 0 saturated heterocycles. The highest BCUT2D eigenvalue weighted by molar-refractivity contribution is 7.90. The van der Waals surface area contributed by atoms with E-state index in [1.165, 1.54) is 22.7 Å². The minimum atomic E-state index is -2.83. The third kappa shape index (κ3) is 3.13. The van der Waals surface area contributed by atoms with E-state index in [1.807, 2.05) is 12.1 Å². The van der Waals surface area contributed by atoms with E-state index < -0.39 is 9.84 Å². The smallest absolute Gasteiger partial charge is 0.147 e. The number of para-hydroxylation sites is 1. The molecular weight excluding hydrogens is 246 g/mol. The van der Waals surface area contributed by atoms with Crippen molar-refractivity contribution in [1.29, 1.82) is 0 Å². The second-order valence-corrected chi connectivity index (χ2v) is 7.12. The molecule has 1 aromatic heterocycles. The number of benzene rings is 1. The van der Waals surface area contributed by atoms with Gasteiger partial charge in [-0.1, -0.05) is 18.2 Å². The normalized spacial score (nSPS) is 12.1. The molecule has 2 rings (SSSR count). The molecule has 3 nitrogen and oxygen atoms in total. The molecule has 98 valence electrons. The van der Waals surface area contributed by atoms with E-state index >= 15 is 0 Å². The summed E-state index contributed by atoms with van der Waals surface area (Å²) in [7, 11) is -2.83. The molecule has 4 heteroatoms. The van der Waals surface area contributed by atoms with Gasteiger partial charge in [-0.3, -0.25) is 0 Å². The number of aromatic nitrogens is 1. The molecule has 0 unspecified atom stereocenters. The van der Waals surface area contributed by atoms with E-state index in [1.54, 1.807) is 0 Å². The van der Waals surface area contributed by atoms with Crippen LogP contribution in [0.5, 0.6) is 0 Å². The Labute approximate surface area is 108 Å². The molecule has 2 aromatic rings. The van der Waals surface area contributed by atoms with Gasteiger partial charge < -0.3 is 4.57 Å². The highest BCUT2D eigenvalue weighted by Gasteiger charge is 2.05. The summed E-state index contributed by atoms with van der Waals surface area (Å²) in [6.07, 6.45) is 5.06. The number of sulfone groups is 1. The topological polar surface area (TPSA) is 39.1 Å². The van der Waals surface area contributed by atoms with Crippen LogP contribution in [-0.4, -0.2) is 25.0 Å². The summed E-state index contributed by atoms with van der Waals surface area (Å²) < 4.78 is 24.3. The van der Waals surface area contributed by atoms with Crippen LogP contribution in [0.4, 0.5) is 0 Å². The van der Waals surface area contributed by atoms with E-state index in [2.05, 4.69) is 29.8 Å². The van der Waals surface area contributed by atoms with Crippen LogP contribution < -0.4 is 0 Å². The molecule has 0 aliphatic carbocycles. The Morgan fingerprint density at radius 3 is 2.61 bits per heavy atom. The van der Waals surface area contributed by atoms with Crippen LogP contribution in [-0.2, 0) is 16.4 Å². The van der Waals surface area contributed by atoms with Crippen molar-refractivity contribution in [2.75, 3.05) is 12.0 Å². The van der Waals surface area contributed by atoms with Crippen molar-refractivity contribution in [1.82, 2.24) is 4.57 Å². The van der Waals surface area contributed by atoms with Gasteiger partial charge in [-0.25, -0.2) is 8.42 Å². The number of aryl methyl sites for hydroxylation is 2. The van der Waals surface area contributed by atoms with Gasteiger partial charge in [0.2, 0.25) is 0 Å². The fourth-order valence-electron chi connectivity index (χ4n) is 2.26. The maximum absolute atomic E-state index is 11.1. The van der Waals surface area contributed by atoms with E-state index in [9.17, 15) is 8.42 Å². The van der Waals surface area contributed by atoms with E-state index in [4.69, 9.17) is 0 Å². The van der Waals surface area contributed by atoms with Crippen molar-refractivity contribution in [2.24, 2.45) is 0 Å². The molecule has 1 aromatic carbocycles. The highest BCUT2D eigenvalue weighted by atomic mass is 32.2. The molecule has 0 saturated carbocycles. The molecule has 0 spiro atoms. The summed E-state index contributed by atoms with van der Waals surface area (Å²) in [5.41, 5.74) is 2.50. The third-order valence-corrected chi connectivity index (χ3v) is 4.18. The molecule has 0 radical (unpaired) electrons. The minimum absolute atomic E-state index is 0.283. The number of fused-ring (bicyclic) bond motifs is 1. The number of rotatable bonds is 5. The fourth-order valence-corrected chi connectivity index (χ4v) is 2.99. The molecular formula is C14H19NO2S. The quantitative estimate of drug-likeness (QED) is 0.780. The summed E-state index contributed by atoms with van der Waals surface area (Å²) in [5, 5.41) is 1.28. The van der Waals surface area contributed by atoms with Crippen LogP contribution in [0.2, 0.25) is 0 Å². The van der Waals surface area contributed by atoms with Crippen molar-refractivity contribution in [3.05, 3.63) is 36.0 Å². The van der Waals surface area contributed by atoms with Gasteiger partial charge in [-0.05, 0) is 31.4 Å². The van der Waals surface area contributed by atoms with Crippen LogP contribution in [0.15, 0.2) is 30.5 Å². The Morgan fingerprint density at radius 1 is 1.17 bits per heavy atom. The monoisotopic (exact) mass is 265 g/mol. The van der Waals surface area contributed by atoms with E-state index in [0.717, 1.165) is 19.4 Å². The summed E-state index contributed by atoms with van der Waals surface area (Å²) in [4.78, 5) is 0. The van der Waals surface area contributed by atoms with Crippen LogP contribution in [0.25, 0.3) is 10.9 Å². The average Bonchev–Trinajstić information content (AvgIpc) is 2.62. The largest absolute Gasteiger partial charge is 0.347 e. The zero-order chi connectivity index (χ0) is 13.2. The first-order valence-corrected chi connectivity index (χ1v) is 8.25. The maximum Gasteiger partial charge on any atom is 0.147 e. The van der Waals surface area contributed by atoms with Gasteiger partial charge in [-0.15, -0.1) is 0 Å². The lowest BCUT2D eigenvalue weighted by atomic mass is 10.2. The molecule has 0 aliphatic heterocycles. The Balaban J connectivity index is 2.04. The highest BCUT2D eigenvalue weighted by Crippen LogP contribution is 2.20. The van der Waals surface area contributed by atoms with Gasteiger partial charge >= 0.3 is 0 Å². The first-order valence-electron chi connectivity index (χ1n) is 6.19. The lowest BCUT2D eigenvalue weighted by Crippen LogP contribution is -2.04. The molecule has 0 N–H and O–H groups in total. The van der Waals surface area contributed by atoms with Gasteiger partial charge in [0.1, 0.15) is 9.84 Å². The van der Waals surface area contributed by atoms with Crippen molar-refractivity contribution in [2.45, 2.75) is 26.3 Å². The summed E-state index contributed by atoms with van der Waals surface area (Å²) in [6, 6.07) is 8.31. The maximum atomic E-state index is 11.1. The third-order valence-electron chi connectivity index (χ3n) is 3.15. The SMILES string of the molecule is Cc1cn(CCCCS(C)(=O)=O)c2ccccc12. The van der Waals surface area contributed by atoms with Crippen LogP contribution in [0.3, 0.4) is 0 Å². The summed E-state index contributed by atoms with van der Waals surface area (Å²) in [6.45, 7) is 2.99. The lowest BCUT2D eigenvalue weighted by molar-refractivity contribution is 0.590. The molecule has 0 atom stereocenters. The predicted octanol–water partition coefficient (Wildman–Crippen LogP) is 2.77. The minimum Gasteiger partial charge on any atom is -0.347 e. The Morgan fingerprint density at radius 2 is 1.89 bits per heavy atom. The number of hydrogen-bond donors (Lipinski definition) is 0. The first kappa shape index (κ1) is 13.1. The van der Waals surface area contributed by atoms with Gasteiger partial charge in [0.05, 0.1) is 0 Å². The Hall–Kier alpha value is -1.29. The summed E-state index contributed by atoms with van der Waals surface area (Å²) in [5.74, 6) is 0.283. The summed E-state index contributed by atoms with van der Waals surface area (Å²) >= 11 is 0. The number of hydrogen-bond acceptors (Lipinski definition) is 2. The fraction of sp³-hybridized carbons (Fsp3) is 0.429. The number of nitrogens with zero attached hydrogens (tertiary/aromatic N) is 1. The van der Waals surface area contributed by atoms with E-state index in [-0.39, 0.29) is 5.75 Å². The second-order valence-electron chi connectivity index (χ2n) is 4.86. The standard InChI is InChI=1S/C14H19NO2S/c1-12-11-15(9-5-6-10-18(2,16)17)14-8-4-3-7-13(12)14/h3-4,7-8,11H,5-6,9-10H2,1-2H3. The Kier molecular flexibility index (Phi) is 3.76. The number of unbranched alkanes of at least 4 members (excludes halogenated alkanes) is 1. The van der Waals surface area contributed by atoms with Crippen LogP contribution >= 0.6 is 0 Å². The van der Waals surface area contributed by atoms with Crippen molar-refractivity contribution >= 4 is 20.7 Å². The Bertz CT molecular complexity index is 641. The second kappa shape index (κ2) is 5.14. The van der Waals surface area contributed by atoms with Crippen molar-refractivity contribution < 1.29 is 8.42 Å². The van der Waals surface area contributed by atoms with Crippen LogP contribution in [0, 0.1) is 6.92 Å². The van der Waals surface area contributed by atoms with Gasteiger partial charge in [0.15, 0.2) is 0 Å².